The summed E-state index contributed by atoms with van der Waals surface area (Å²) < 4.78 is 0.833. The van der Waals surface area contributed by atoms with Gasteiger partial charge in [-0.05, 0) is 27.2 Å². The smallest absolute Gasteiger partial charge is 0.231 e. The Bertz CT molecular complexity index is 725. The van der Waals surface area contributed by atoms with Gasteiger partial charge in [-0.25, -0.2) is 4.98 Å². The average molecular weight is 339 g/mol. The Morgan fingerprint density at radius 1 is 1.47 bits per heavy atom. The fraction of sp³-hybridized carbons (Fsp3) is 0.100. The molecule has 0 amide bonds. The highest BCUT2D eigenvalue weighted by Crippen LogP contribution is 2.22. The number of H-pyrrole nitrogens is 2. The van der Waals surface area contributed by atoms with Crippen LogP contribution in [-0.4, -0.2) is 42.1 Å². The first-order chi connectivity index (χ1) is 9.24. The van der Waals surface area contributed by atoms with Crippen LogP contribution in [0.1, 0.15) is 10.4 Å². The van der Waals surface area contributed by atoms with Crippen molar-refractivity contribution in [2.45, 2.75) is 5.16 Å². The molecule has 19 heavy (non-hydrogen) atoms. The molecule has 0 aromatic carbocycles. The molecule has 0 fully saturated rings. The van der Waals surface area contributed by atoms with Crippen molar-refractivity contribution in [2.75, 3.05) is 5.75 Å². The van der Waals surface area contributed by atoms with Gasteiger partial charge in [0.2, 0.25) is 5.16 Å². The van der Waals surface area contributed by atoms with E-state index in [0.717, 1.165) is 9.86 Å². The summed E-state index contributed by atoms with van der Waals surface area (Å²) in [6, 6.07) is 1.87. The topological polar surface area (TPSA) is 100 Å². The van der Waals surface area contributed by atoms with Gasteiger partial charge in [0.05, 0.1) is 5.75 Å². The molecule has 0 aliphatic heterocycles. The molecule has 3 aromatic heterocycles. The minimum absolute atomic E-state index is 0.0130. The fourth-order valence-corrected chi connectivity index (χ4v) is 2.58. The summed E-state index contributed by atoms with van der Waals surface area (Å²) in [7, 11) is 0. The number of ketones is 1. The van der Waals surface area contributed by atoms with Gasteiger partial charge >= 0.3 is 0 Å². The lowest BCUT2D eigenvalue weighted by Crippen LogP contribution is -2.01. The molecule has 3 heterocycles. The molecule has 0 bridgehead atoms. The molecular weight excluding hydrogens is 332 g/mol. The summed E-state index contributed by atoms with van der Waals surface area (Å²) >= 11 is 4.58. The molecule has 0 aliphatic rings. The lowest BCUT2D eigenvalue weighted by atomic mass is 10.1. The largest absolute Gasteiger partial charge is 0.345 e. The van der Waals surface area contributed by atoms with E-state index in [-0.39, 0.29) is 11.5 Å². The molecule has 0 saturated carbocycles. The van der Waals surface area contributed by atoms with Crippen molar-refractivity contribution >= 4 is 44.5 Å². The number of carbonyl (C=O) groups is 1. The van der Waals surface area contributed by atoms with Crippen LogP contribution in [0.5, 0.6) is 0 Å². The predicted molar refractivity (Wildman–Crippen MR) is 73.0 cm³/mol. The third kappa shape index (κ3) is 2.51. The third-order valence-corrected chi connectivity index (χ3v) is 3.73. The van der Waals surface area contributed by atoms with Crippen LogP contribution in [0.15, 0.2) is 28.1 Å². The first-order valence-electron chi connectivity index (χ1n) is 5.26. The van der Waals surface area contributed by atoms with Crippen LogP contribution >= 0.6 is 27.7 Å². The Morgan fingerprint density at radius 3 is 3.16 bits per heavy atom. The molecule has 0 atom stereocenters. The summed E-state index contributed by atoms with van der Waals surface area (Å²) in [6.07, 6.45) is 3.35. The number of rotatable bonds is 4. The van der Waals surface area contributed by atoms with Crippen molar-refractivity contribution in [1.29, 1.82) is 0 Å². The lowest BCUT2D eigenvalue weighted by molar-refractivity contribution is 0.102. The van der Waals surface area contributed by atoms with Crippen LogP contribution in [-0.2, 0) is 0 Å². The van der Waals surface area contributed by atoms with E-state index >= 15 is 0 Å². The Hall–Kier alpha value is -1.74. The number of pyridine rings is 1. The van der Waals surface area contributed by atoms with Gasteiger partial charge in [0.25, 0.3) is 0 Å². The van der Waals surface area contributed by atoms with Gasteiger partial charge in [-0.15, -0.1) is 10.2 Å². The SMILES string of the molecule is O=C(CSc1nn[nH]n1)c1c[nH]c2ncc(Br)cc12. The number of tetrazole rings is 1. The molecule has 3 aromatic rings. The summed E-state index contributed by atoms with van der Waals surface area (Å²) in [6.45, 7) is 0. The van der Waals surface area contributed by atoms with E-state index in [0.29, 0.717) is 16.4 Å². The lowest BCUT2D eigenvalue weighted by Gasteiger charge is -1.97. The number of hydrogen-bond donors (Lipinski definition) is 2. The van der Waals surface area contributed by atoms with Crippen LogP contribution in [0.25, 0.3) is 11.0 Å². The van der Waals surface area contributed by atoms with Gasteiger partial charge in [0.15, 0.2) is 5.78 Å². The Balaban J connectivity index is 1.83. The monoisotopic (exact) mass is 338 g/mol. The molecule has 2 N–H and O–H groups in total. The van der Waals surface area contributed by atoms with Crippen LogP contribution < -0.4 is 0 Å². The third-order valence-electron chi connectivity index (χ3n) is 2.46. The number of nitrogens with one attached hydrogen (secondary N) is 2. The molecule has 0 aliphatic carbocycles. The zero-order valence-electron chi connectivity index (χ0n) is 9.42. The number of halogens is 1. The van der Waals surface area contributed by atoms with Crippen LogP contribution in [0.3, 0.4) is 0 Å². The summed E-state index contributed by atoms with van der Waals surface area (Å²) in [5.74, 6) is 0.236. The molecule has 96 valence electrons. The molecule has 0 spiro atoms. The second-order valence-corrected chi connectivity index (χ2v) is 5.52. The minimum Gasteiger partial charge on any atom is -0.345 e. The second kappa shape index (κ2) is 5.10. The minimum atomic E-state index is -0.0130. The van der Waals surface area contributed by atoms with Gasteiger partial charge in [-0.2, -0.15) is 5.21 Å². The second-order valence-electron chi connectivity index (χ2n) is 3.66. The van der Waals surface area contributed by atoms with E-state index in [1.54, 1.807) is 12.4 Å². The van der Waals surface area contributed by atoms with Crippen molar-refractivity contribution in [3.05, 3.63) is 28.5 Å². The number of aromatic amines is 2. The summed E-state index contributed by atoms with van der Waals surface area (Å²) in [5.41, 5.74) is 1.30. The first kappa shape index (κ1) is 12.3. The van der Waals surface area contributed by atoms with Crippen LogP contribution in [0.2, 0.25) is 0 Å². The van der Waals surface area contributed by atoms with Gasteiger partial charge in [-0.1, -0.05) is 11.8 Å². The standard InChI is InChI=1S/C10H7BrN6OS/c11-5-1-6-7(3-13-9(6)12-2-5)8(18)4-19-10-14-16-17-15-10/h1-3H,4H2,(H,12,13)(H,14,15,16,17). The Kier molecular flexibility index (Phi) is 3.30. The summed E-state index contributed by atoms with van der Waals surface area (Å²) in [5, 5.41) is 14.6. The van der Waals surface area contributed by atoms with Gasteiger partial charge in [-0.3, -0.25) is 4.79 Å². The van der Waals surface area contributed by atoms with Gasteiger partial charge in [0, 0.05) is 27.8 Å². The number of carbonyl (C=O) groups excluding carboxylic acids is 1. The maximum Gasteiger partial charge on any atom is 0.231 e. The highest BCUT2D eigenvalue weighted by Gasteiger charge is 2.14. The van der Waals surface area contributed by atoms with Gasteiger partial charge in [0.1, 0.15) is 5.65 Å². The van der Waals surface area contributed by atoms with Gasteiger partial charge < -0.3 is 4.98 Å². The number of hydrogen-bond acceptors (Lipinski definition) is 6. The predicted octanol–water partition coefficient (Wildman–Crippen LogP) is 1.81. The molecule has 0 unspecified atom stereocenters. The normalized spacial score (nSPS) is 11.0. The first-order valence-corrected chi connectivity index (χ1v) is 7.04. The Morgan fingerprint density at radius 2 is 2.37 bits per heavy atom. The van der Waals surface area contributed by atoms with E-state index in [1.807, 2.05) is 6.07 Å². The zero-order chi connectivity index (χ0) is 13.2. The number of aromatic nitrogens is 6. The van der Waals surface area contributed by atoms with Crippen LogP contribution in [0.4, 0.5) is 0 Å². The molecular formula is C10H7BrN6OS. The van der Waals surface area contributed by atoms with Crippen molar-refractivity contribution < 1.29 is 4.79 Å². The van der Waals surface area contributed by atoms with E-state index < -0.39 is 0 Å². The van der Waals surface area contributed by atoms with E-state index in [1.165, 1.54) is 11.8 Å². The zero-order valence-corrected chi connectivity index (χ0v) is 11.8. The van der Waals surface area contributed by atoms with Crippen LogP contribution in [0, 0.1) is 0 Å². The number of Topliss-reactive ketones (excluding diaryl/α,β-unsaturated/α-hetero) is 1. The fourth-order valence-electron chi connectivity index (χ4n) is 1.63. The van der Waals surface area contributed by atoms with Crippen molar-refractivity contribution in [1.82, 2.24) is 30.6 Å². The van der Waals surface area contributed by atoms with E-state index in [9.17, 15) is 4.79 Å². The average Bonchev–Trinajstić information content (AvgIpc) is 3.04. The van der Waals surface area contributed by atoms with E-state index in [2.05, 4.69) is 46.5 Å². The van der Waals surface area contributed by atoms with Crippen molar-refractivity contribution in [2.24, 2.45) is 0 Å². The Labute approximate surface area is 119 Å². The maximum absolute atomic E-state index is 12.2. The highest BCUT2D eigenvalue weighted by atomic mass is 79.9. The number of nitrogens with zero attached hydrogens (tertiary/aromatic N) is 4. The molecule has 3 rings (SSSR count). The summed E-state index contributed by atoms with van der Waals surface area (Å²) in [4.78, 5) is 19.3. The van der Waals surface area contributed by atoms with E-state index in [4.69, 9.17) is 0 Å². The highest BCUT2D eigenvalue weighted by molar-refractivity contribution is 9.10. The molecule has 0 saturated heterocycles. The quantitative estimate of drug-likeness (QED) is 0.555. The molecule has 7 nitrogen and oxygen atoms in total. The molecule has 9 heteroatoms. The number of thioether (sulfide) groups is 1. The number of fused-ring (bicyclic) bond motifs is 1. The van der Waals surface area contributed by atoms with Crippen molar-refractivity contribution in [3.63, 3.8) is 0 Å². The molecule has 0 radical (unpaired) electrons. The van der Waals surface area contributed by atoms with Crippen molar-refractivity contribution in [3.8, 4) is 0 Å². The maximum atomic E-state index is 12.2.